The molecule has 1 fully saturated rings. The number of thiazole rings is 1. The molecular weight excluding hydrogens is 517 g/mol. The number of sulfone groups is 1. The summed E-state index contributed by atoms with van der Waals surface area (Å²) in [6.45, 7) is -0.852. The summed E-state index contributed by atoms with van der Waals surface area (Å²) in [7, 11) is -3.02. The van der Waals surface area contributed by atoms with Gasteiger partial charge in [-0.25, -0.2) is 23.1 Å². The Balaban J connectivity index is 1.31. The van der Waals surface area contributed by atoms with Gasteiger partial charge >= 0.3 is 6.18 Å². The average Bonchev–Trinajstić information content (AvgIpc) is 3.58. The number of halogens is 3. The molecule has 0 amide bonds. The van der Waals surface area contributed by atoms with E-state index in [0.29, 0.717) is 35.9 Å². The van der Waals surface area contributed by atoms with Crippen molar-refractivity contribution in [3.8, 4) is 39.0 Å². The van der Waals surface area contributed by atoms with Crippen molar-refractivity contribution >= 4 is 21.2 Å². The van der Waals surface area contributed by atoms with E-state index in [1.54, 1.807) is 10.9 Å². The highest BCUT2D eigenvalue weighted by molar-refractivity contribution is 7.91. The number of nitrogens with zero attached hydrogens (tertiary/aromatic N) is 6. The lowest BCUT2D eigenvalue weighted by Gasteiger charge is -2.10. The van der Waals surface area contributed by atoms with E-state index in [4.69, 9.17) is 4.74 Å². The summed E-state index contributed by atoms with van der Waals surface area (Å²) < 4.78 is 71.0. The van der Waals surface area contributed by atoms with Gasteiger partial charge in [0.2, 0.25) is 0 Å². The van der Waals surface area contributed by atoms with E-state index in [2.05, 4.69) is 20.2 Å². The minimum absolute atomic E-state index is 0.0748. The second kappa shape index (κ2) is 8.40. The van der Waals surface area contributed by atoms with Gasteiger partial charge in [-0.2, -0.15) is 23.4 Å². The first kappa shape index (κ1) is 23.2. The third-order valence-electron chi connectivity index (χ3n) is 6.17. The molecule has 0 bridgehead atoms. The second-order valence-corrected chi connectivity index (χ2v) is 12.0. The van der Waals surface area contributed by atoms with Crippen LogP contribution in [-0.4, -0.2) is 62.2 Å². The third kappa shape index (κ3) is 4.39. The van der Waals surface area contributed by atoms with Crippen molar-refractivity contribution in [2.75, 3.05) is 18.1 Å². The van der Waals surface area contributed by atoms with Crippen LogP contribution in [0.1, 0.15) is 17.3 Å². The van der Waals surface area contributed by atoms with Crippen LogP contribution in [0.2, 0.25) is 0 Å². The van der Waals surface area contributed by atoms with E-state index in [-0.39, 0.29) is 23.4 Å². The zero-order chi connectivity index (χ0) is 25.1. The Hall–Kier alpha value is -3.26. The van der Waals surface area contributed by atoms with Gasteiger partial charge in [0.25, 0.3) is 0 Å². The van der Waals surface area contributed by atoms with Crippen LogP contribution in [0.15, 0.2) is 36.9 Å². The molecular formula is C22H19F3N6O3S2. The van der Waals surface area contributed by atoms with Gasteiger partial charge in [0.05, 0.1) is 36.0 Å². The second-order valence-electron chi connectivity index (χ2n) is 8.72. The largest absolute Gasteiger partial charge is 0.492 e. The molecule has 0 aliphatic carbocycles. The lowest BCUT2D eigenvalue weighted by Crippen LogP contribution is -2.19. The molecule has 4 aromatic rings. The summed E-state index contributed by atoms with van der Waals surface area (Å²) in [5.74, 6) is 0.943. The number of alkyl halides is 3. The summed E-state index contributed by atoms with van der Waals surface area (Å²) in [5, 5.41) is 8.46. The highest BCUT2D eigenvalue weighted by Crippen LogP contribution is 2.41. The van der Waals surface area contributed by atoms with Crippen molar-refractivity contribution in [3.05, 3.63) is 41.8 Å². The van der Waals surface area contributed by atoms with Crippen LogP contribution in [0.3, 0.4) is 0 Å². The molecule has 1 unspecified atom stereocenters. The molecule has 0 spiro atoms. The topological polar surface area (TPSA) is 105 Å². The van der Waals surface area contributed by atoms with Crippen molar-refractivity contribution in [1.82, 2.24) is 29.5 Å². The number of aromatic nitrogens is 6. The maximum absolute atomic E-state index is 12.9. The van der Waals surface area contributed by atoms with Crippen LogP contribution >= 0.6 is 11.3 Å². The molecule has 188 valence electrons. The van der Waals surface area contributed by atoms with Crippen molar-refractivity contribution in [3.63, 3.8) is 0 Å². The Kier molecular flexibility index (Phi) is 5.41. The van der Waals surface area contributed by atoms with Gasteiger partial charge < -0.3 is 4.74 Å². The first-order valence-electron chi connectivity index (χ1n) is 11.1. The summed E-state index contributed by atoms with van der Waals surface area (Å²) in [4.78, 5) is 9.54. The molecule has 1 atom stereocenters. The molecule has 1 saturated heterocycles. The number of ether oxygens (including phenoxy) is 1. The lowest BCUT2D eigenvalue weighted by molar-refractivity contribution is -0.142. The molecule has 0 saturated carbocycles. The van der Waals surface area contributed by atoms with E-state index >= 15 is 0 Å². The van der Waals surface area contributed by atoms with Crippen molar-refractivity contribution in [1.29, 1.82) is 0 Å². The molecule has 2 aliphatic heterocycles. The summed E-state index contributed by atoms with van der Waals surface area (Å²) in [6, 6.07) is 5.48. The molecule has 0 radical (unpaired) electrons. The van der Waals surface area contributed by atoms with Crippen LogP contribution in [-0.2, 0) is 22.8 Å². The monoisotopic (exact) mass is 536 g/mol. The van der Waals surface area contributed by atoms with Gasteiger partial charge in [-0.15, -0.1) is 11.3 Å². The molecule has 5 heterocycles. The van der Waals surface area contributed by atoms with Gasteiger partial charge in [0, 0.05) is 28.6 Å². The normalized spacial score (nSPS) is 18.9. The fourth-order valence-corrected chi connectivity index (χ4v) is 7.24. The Labute approximate surface area is 207 Å². The van der Waals surface area contributed by atoms with E-state index in [0.717, 1.165) is 32.6 Å². The van der Waals surface area contributed by atoms with Crippen LogP contribution in [0.4, 0.5) is 13.2 Å². The molecule has 0 N–H and O–H groups in total. The smallest absolute Gasteiger partial charge is 0.408 e. The average molecular weight is 537 g/mol. The highest BCUT2D eigenvalue weighted by atomic mass is 32.2. The van der Waals surface area contributed by atoms with Gasteiger partial charge in [-0.1, -0.05) is 6.07 Å². The Bertz CT molecular complexity index is 1560. The van der Waals surface area contributed by atoms with E-state index in [1.807, 2.05) is 24.4 Å². The zero-order valence-electron chi connectivity index (χ0n) is 18.6. The van der Waals surface area contributed by atoms with Gasteiger partial charge in [0.15, 0.2) is 20.7 Å². The number of rotatable bonds is 4. The predicted molar refractivity (Wildman–Crippen MR) is 125 cm³/mol. The summed E-state index contributed by atoms with van der Waals surface area (Å²) in [5.41, 5.74) is 3.08. The van der Waals surface area contributed by atoms with Crippen molar-refractivity contribution in [2.45, 2.75) is 31.6 Å². The Morgan fingerprint density at radius 2 is 2.06 bits per heavy atom. The fraction of sp³-hybridized carbons (Fsp3) is 0.364. The first-order chi connectivity index (χ1) is 17.2. The van der Waals surface area contributed by atoms with Crippen molar-refractivity contribution < 1.29 is 26.3 Å². The molecule has 14 heteroatoms. The van der Waals surface area contributed by atoms with Crippen LogP contribution in [0.25, 0.3) is 33.2 Å². The first-order valence-corrected chi connectivity index (χ1v) is 13.8. The number of fused-ring (bicyclic) bond motifs is 3. The van der Waals surface area contributed by atoms with Gasteiger partial charge in [-0.3, -0.25) is 4.68 Å². The van der Waals surface area contributed by atoms with Crippen LogP contribution < -0.4 is 4.74 Å². The number of benzene rings is 1. The lowest BCUT2D eigenvalue weighted by atomic mass is 10.0. The van der Waals surface area contributed by atoms with E-state index < -0.39 is 22.6 Å². The van der Waals surface area contributed by atoms with Crippen molar-refractivity contribution in [2.24, 2.45) is 0 Å². The fourth-order valence-electron chi connectivity index (χ4n) is 4.48. The zero-order valence-corrected chi connectivity index (χ0v) is 20.3. The highest BCUT2D eigenvalue weighted by Gasteiger charge is 2.32. The van der Waals surface area contributed by atoms with Crippen LogP contribution in [0.5, 0.6) is 5.75 Å². The molecule has 6 rings (SSSR count). The molecule has 1 aromatic carbocycles. The molecule has 3 aromatic heterocycles. The third-order valence-corrected chi connectivity index (χ3v) is 9.04. The maximum atomic E-state index is 12.9. The van der Waals surface area contributed by atoms with Gasteiger partial charge in [-0.05, 0) is 24.1 Å². The van der Waals surface area contributed by atoms with Crippen LogP contribution in [0, 0.1) is 0 Å². The summed E-state index contributed by atoms with van der Waals surface area (Å²) >= 11 is 1.28. The Morgan fingerprint density at radius 3 is 2.83 bits per heavy atom. The molecule has 36 heavy (non-hydrogen) atoms. The predicted octanol–water partition coefficient (Wildman–Crippen LogP) is 3.79. The standard InChI is InChI=1S/C22H19F3N6O3S2/c23-22(24,25)11-31-20(26-12-28-31)21-29-19-16-2-1-13(7-17(16)34-5-3-18(19)35-21)14-8-27-30(9-14)15-4-6-36(32,33)10-15/h1-2,7-9,12,15H,3-6,10-11H2. The Morgan fingerprint density at radius 1 is 1.19 bits per heavy atom. The van der Waals surface area contributed by atoms with E-state index in [9.17, 15) is 21.6 Å². The summed E-state index contributed by atoms with van der Waals surface area (Å²) in [6.07, 6.45) is 1.31. The number of hydrogen-bond donors (Lipinski definition) is 0. The quantitative estimate of drug-likeness (QED) is 0.391. The molecule has 9 nitrogen and oxygen atoms in total. The van der Waals surface area contributed by atoms with E-state index in [1.165, 1.54) is 11.3 Å². The maximum Gasteiger partial charge on any atom is 0.408 e. The minimum Gasteiger partial charge on any atom is -0.492 e. The SMILES string of the molecule is O=S1(=O)CCC(n2cc(-c3ccc4c(c3)OCCc3sc(-c5ncnn5CC(F)(F)F)nc3-4)cn2)C1. The molecule has 2 aliphatic rings. The van der Waals surface area contributed by atoms with Gasteiger partial charge in [0.1, 0.15) is 18.6 Å². The minimum atomic E-state index is -4.42. The number of hydrogen-bond acceptors (Lipinski definition) is 8.